The lowest BCUT2D eigenvalue weighted by Gasteiger charge is -2.32. The van der Waals surface area contributed by atoms with Gasteiger partial charge in [0.25, 0.3) is 0 Å². The number of hydrogen-bond donors (Lipinski definition) is 2. The molecule has 94 valence electrons. The van der Waals surface area contributed by atoms with Gasteiger partial charge in [0.1, 0.15) is 0 Å². The molecular formula is C15H24N2. The summed E-state index contributed by atoms with van der Waals surface area (Å²) < 4.78 is 0. The Bertz CT molecular complexity index is 325. The molecule has 1 aromatic carbocycles. The minimum Gasteiger partial charge on any atom is -0.328 e. The second kappa shape index (κ2) is 6.18. The fourth-order valence-corrected chi connectivity index (χ4v) is 2.49. The Morgan fingerprint density at radius 3 is 2.41 bits per heavy atom. The van der Waals surface area contributed by atoms with Crippen LogP contribution in [-0.4, -0.2) is 12.6 Å². The van der Waals surface area contributed by atoms with Gasteiger partial charge in [-0.05, 0) is 42.9 Å². The molecule has 3 N–H and O–H groups in total. The molecule has 0 saturated heterocycles. The van der Waals surface area contributed by atoms with Crippen molar-refractivity contribution in [2.45, 2.75) is 45.2 Å². The van der Waals surface area contributed by atoms with E-state index in [9.17, 15) is 0 Å². The van der Waals surface area contributed by atoms with E-state index in [0.29, 0.717) is 6.04 Å². The molecule has 2 heteroatoms. The van der Waals surface area contributed by atoms with Crippen LogP contribution in [0.15, 0.2) is 24.3 Å². The van der Waals surface area contributed by atoms with Crippen LogP contribution in [0.2, 0.25) is 0 Å². The molecule has 2 rings (SSSR count). The lowest BCUT2D eigenvalue weighted by Crippen LogP contribution is -2.41. The van der Waals surface area contributed by atoms with Crippen LogP contribution < -0.4 is 11.1 Å². The number of hydrogen-bond acceptors (Lipinski definition) is 2. The zero-order valence-electron chi connectivity index (χ0n) is 10.8. The summed E-state index contributed by atoms with van der Waals surface area (Å²) in [7, 11) is 0. The Balaban J connectivity index is 1.68. The topological polar surface area (TPSA) is 38.0 Å². The van der Waals surface area contributed by atoms with Crippen molar-refractivity contribution in [1.82, 2.24) is 5.32 Å². The molecule has 0 spiro atoms. The molecule has 0 amide bonds. The predicted octanol–water partition coefficient (Wildman–Crippen LogP) is 2.47. The van der Waals surface area contributed by atoms with Gasteiger partial charge in [0.05, 0.1) is 0 Å². The number of rotatable bonds is 6. The molecule has 0 aromatic heterocycles. The third-order valence-corrected chi connectivity index (χ3v) is 3.60. The summed E-state index contributed by atoms with van der Waals surface area (Å²) in [6, 6.07) is 9.45. The first-order valence-corrected chi connectivity index (χ1v) is 6.82. The largest absolute Gasteiger partial charge is 0.328 e. The third-order valence-electron chi connectivity index (χ3n) is 3.60. The van der Waals surface area contributed by atoms with Crippen molar-refractivity contribution in [3.05, 3.63) is 35.4 Å². The Hall–Kier alpha value is -0.860. The zero-order valence-corrected chi connectivity index (χ0v) is 10.8. The quantitative estimate of drug-likeness (QED) is 0.790. The first-order chi connectivity index (χ1) is 8.28. The molecule has 1 aliphatic rings. The van der Waals surface area contributed by atoms with Gasteiger partial charge in [-0.25, -0.2) is 0 Å². The average Bonchev–Trinajstić information content (AvgIpc) is 2.29. The SMILES string of the molecule is CCCc1ccc(CNCC2CC(N)C2)cc1. The van der Waals surface area contributed by atoms with E-state index in [1.807, 2.05) is 0 Å². The highest BCUT2D eigenvalue weighted by atomic mass is 14.9. The molecule has 0 bridgehead atoms. The molecule has 17 heavy (non-hydrogen) atoms. The van der Waals surface area contributed by atoms with E-state index in [1.54, 1.807) is 0 Å². The van der Waals surface area contributed by atoms with Gasteiger partial charge >= 0.3 is 0 Å². The van der Waals surface area contributed by atoms with Crippen LogP contribution in [0.3, 0.4) is 0 Å². The van der Waals surface area contributed by atoms with Gasteiger partial charge in [-0.1, -0.05) is 37.6 Å². The summed E-state index contributed by atoms with van der Waals surface area (Å²) >= 11 is 0. The molecular weight excluding hydrogens is 208 g/mol. The lowest BCUT2D eigenvalue weighted by atomic mass is 9.81. The van der Waals surface area contributed by atoms with Crippen LogP contribution in [0.1, 0.15) is 37.3 Å². The van der Waals surface area contributed by atoms with Gasteiger partial charge in [-0.3, -0.25) is 0 Å². The van der Waals surface area contributed by atoms with Gasteiger partial charge in [-0.2, -0.15) is 0 Å². The van der Waals surface area contributed by atoms with Crippen LogP contribution in [0.4, 0.5) is 0 Å². The third kappa shape index (κ3) is 3.83. The summed E-state index contributed by atoms with van der Waals surface area (Å²) in [4.78, 5) is 0. The van der Waals surface area contributed by atoms with Gasteiger partial charge in [0, 0.05) is 12.6 Å². The average molecular weight is 232 g/mol. The first kappa shape index (κ1) is 12.6. The molecule has 1 saturated carbocycles. The Kier molecular flexibility index (Phi) is 4.57. The summed E-state index contributed by atoms with van der Waals surface area (Å²) in [6.45, 7) is 4.32. The van der Waals surface area contributed by atoms with Crippen LogP contribution in [0, 0.1) is 5.92 Å². The van der Waals surface area contributed by atoms with Crippen molar-refractivity contribution in [3.63, 3.8) is 0 Å². The number of nitrogens with one attached hydrogen (secondary N) is 1. The fourth-order valence-electron chi connectivity index (χ4n) is 2.49. The Labute approximate surface area is 105 Å². The van der Waals surface area contributed by atoms with Gasteiger partial charge in [-0.15, -0.1) is 0 Å². The second-order valence-corrected chi connectivity index (χ2v) is 5.29. The van der Waals surface area contributed by atoms with E-state index < -0.39 is 0 Å². The van der Waals surface area contributed by atoms with E-state index >= 15 is 0 Å². The molecule has 1 aromatic rings. The van der Waals surface area contributed by atoms with Crippen molar-refractivity contribution in [3.8, 4) is 0 Å². The summed E-state index contributed by atoms with van der Waals surface area (Å²) in [5.41, 5.74) is 8.60. The molecule has 1 aliphatic carbocycles. The van der Waals surface area contributed by atoms with Crippen LogP contribution in [0.5, 0.6) is 0 Å². The molecule has 0 atom stereocenters. The maximum Gasteiger partial charge on any atom is 0.0205 e. The maximum absolute atomic E-state index is 5.77. The Morgan fingerprint density at radius 1 is 1.18 bits per heavy atom. The van der Waals surface area contributed by atoms with Crippen molar-refractivity contribution < 1.29 is 0 Å². The first-order valence-electron chi connectivity index (χ1n) is 6.82. The van der Waals surface area contributed by atoms with Crippen LogP contribution in [0.25, 0.3) is 0 Å². The van der Waals surface area contributed by atoms with E-state index in [2.05, 4.69) is 36.5 Å². The van der Waals surface area contributed by atoms with Crippen LogP contribution in [-0.2, 0) is 13.0 Å². The summed E-state index contributed by atoms with van der Waals surface area (Å²) in [6.07, 6.45) is 4.80. The molecule has 0 radical (unpaired) electrons. The van der Waals surface area contributed by atoms with Crippen molar-refractivity contribution in [2.75, 3.05) is 6.54 Å². The minimum absolute atomic E-state index is 0.468. The standard InChI is InChI=1S/C15H24N2/c1-2-3-12-4-6-13(7-5-12)10-17-11-14-8-15(16)9-14/h4-7,14-15,17H,2-3,8-11,16H2,1H3. The van der Waals surface area contributed by atoms with E-state index in [1.165, 1.54) is 36.8 Å². The van der Waals surface area contributed by atoms with Gasteiger partial charge in [0.15, 0.2) is 0 Å². The number of aryl methyl sites for hydroxylation is 1. The zero-order chi connectivity index (χ0) is 12.1. The molecule has 2 nitrogen and oxygen atoms in total. The summed E-state index contributed by atoms with van der Waals surface area (Å²) in [5.74, 6) is 0.810. The highest BCUT2D eigenvalue weighted by molar-refractivity contribution is 5.22. The monoisotopic (exact) mass is 232 g/mol. The predicted molar refractivity (Wildman–Crippen MR) is 72.8 cm³/mol. The van der Waals surface area contributed by atoms with Gasteiger partial charge in [0.2, 0.25) is 0 Å². The molecule has 0 unspecified atom stereocenters. The second-order valence-electron chi connectivity index (χ2n) is 5.29. The summed E-state index contributed by atoms with van der Waals surface area (Å²) in [5, 5.41) is 3.52. The van der Waals surface area contributed by atoms with Crippen molar-refractivity contribution in [2.24, 2.45) is 11.7 Å². The smallest absolute Gasteiger partial charge is 0.0205 e. The highest BCUT2D eigenvalue weighted by Gasteiger charge is 2.24. The Morgan fingerprint density at radius 2 is 1.82 bits per heavy atom. The molecule has 0 aliphatic heterocycles. The van der Waals surface area contributed by atoms with E-state index in [0.717, 1.165) is 19.0 Å². The minimum atomic E-state index is 0.468. The van der Waals surface area contributed by atoms with Gasteiger partial charge < -0.3 is 11.1 Å². The van der Waals surface area contributed by atoms with Crippen molar-refractivity contribution in [1.29, 1.82) is 0 Å². The highest BCUT2D eigenvalue weighted by Crippen LogP contribution is 2.24. The fraction of sp³-hybridized carbons (Fsp3) is 0.600. The lowest BCUT2D eigenvalue weighted by molar-refractivity contribution is 0.256. The number of nitrogens with two attached hydrogens (primary N) is 1. The van der Waals surface area contributed by atoms with Crippen molar-refractivity contribution >= 4 is 0 Å². The normalized spacial score (nSPS) is 23.4. The van der Waals surface area contributed by atoms with Crippen LogP contribution >= 0.6 is 0 Å². The molecule has 0 heterocycles. The van der Waals surface area contributed by atoms with E-state index in [4.69, 9.17) is 5.73 Å². The molecule has 1 fully saturated rings. The van der Waals surface area contributed by atoms with E-state index in [-0.39, 0.29) is 0 Å². The maximum atomic E-state index is 5.77. The number of benzene rings is 1.